The SMILES string of the molecule is CN(C)C(=O)Sc1ccc(NC(=O)C2CC2c2cccc(Br)c2)cc1. The van der Waals surface area contributed by atoms with E-state index >= 15 is 0 Å². The number of anilines is 1. The van der Waals surface area contributed by atoms with Crippen LogP contribution in [0.5, 0.6) is 0 Å². The summed E-state index contributed by atoms with van der Waals surface area (Å²) in [6, 6.07) is 15.5. The quantitative estimate of drug-likeness (QED) is 0.713. The van der Waals surface area contributed by atoms with Gasteiger partial charge in [-0.15, -0.1) is 0 Å². The van der Waals surface area contributed by atoms with E-state index in [1.807, 2.05) is 36.4 Å². The number of thioether (sulfide) groups is 1. The Labute approximate surface area is 160 Å². The summed E-state index contributed by atoms with van der Waals surface area (Å²) >= 11 is 4.64. The van der Waals surface area contributed by atoms with Crippen molar-refractivity contribution in [2.24, 2.45) is 5.92 Å². The van der Waals surface area contributed by atoms with Crippen LogP contribution < -0.4 is 5.32 Å². The second-order valence-electron chi connectivity index (χ2n) is 6.28. The van der Waals surface area contributed by atoms with Crippen LogP contribution in [0.4, 0.5) is 10.5 Å². The standard InChI is InChI=1S/C19H19BrN2O2S/c1-22(2)19(24)25-15-8-6-14(7-9-15)21-18(23)17-11-16(17)12-4-3-5-13(20)10-12/h3-10,16-17H,11H2,1-2H3,(H,21,23). The number of nitrogens with zero attached hydrogens (tertiary/aromatic N) is 1. The van der Waals surface area contributed by atoms with Gasteiger partial charge in [0.2, 0.25) is 5.91 Å². The summed E-state index contributed by atoms with van der Waals surface area (Å²) < 4.78 is 1.04. The number of nitrogens with one attached hydrogen (secondary N) is 1. The first kappa shape index (κ1) is 18.0. The number of amides is 2. The first-order chi connectivity index (χ1) is 11.9. The van der Waals surface area contributed by atoms with Gasteiger partial charge in [-0.25, -0.2) is 0 Å². The minimum absolute atomic E-state index is 0.0216. The molecule has 1 saturated carbocycles. The molecule has 0 bridgehead atoms. The van der Waals surface area contributed by atoms with E-state index in [0.717, 1.165) is 21.5 Å². The summed E-state index contributed by atoms with van der Waals surface area (Å²) in [6.07, 6.45) is 0.882. The van der Waals surface area contributed by atoms with Gasteiger partial charge in [0.05, 0.1) is 0 Å². The number of halogens is 1. The summed E-state index contributed by atoms with van der Waals surface area (Å²) in [5.74, 6) is 0.374. The molecule has 0 aliphatic heterocycles. The topological polar surface area (TPSA) is 49.4 Å². The summed E-state index contributed by atoms with van der Waals surface area (Å²) in [4.78, 5) is 26.5. The fourth-order valence-electron chi connectivity index (χ4n) is 2.62. The molecule has 3 rings (SSSR count). The van der Waals surface area contributed by atoms with Crippen molar-refractivity contribution < 1.29 is 9.59 Å². The van der Waals surface area contributed by atoms with Crippen LogP contribution in [0.25, 0.3) is 0 Å². The number of carbonyl (C=O) groups is 2. The third-order valence-corrected chi connectivity index (χ3v) is 5.64. The molecule has 6 heteroatoms. The van der Waals surface area contributed by atoms with Crippen LogP contribution in [0.3, 0.4) is 0 Å². The molecule has 130 valence electrons. The van der Waals surface area contributed by atoms with Gasteiger partial charge in [-0.2, -0.15) is 0 Å². The maximum absolute atomic E-state index is 12.4. The molecule has 2 atom stereocenters. The lowest BCUT2D eigenvalue weighted by Gasteiger charge is -2.10. The van der Waals surface area contributed by atoms with E-state index in [9.17, 15) is 9.59 Å². The van der Waals surface area contributed by atoms with Crippen LogP contribution in [-0.4, -0.2) is 30.1 Å². The molecule has 0 aromatic heterocycles. The predicted octanol–water partition coefficient (Wildman–Crippen LogP) is 4.97. The van der Waals surface area contributed by atoms with Gasteiger partial charge in [-0.05, 0) is 66.1 Å². The molecule has 1 N–H and O–H groups in total. The lowest BCUT2D eigenvalue weighted by molar-refractivity contribution is -0.117. The van der Waals surface area contributed by atoms with Crippen molar-refractivity contribution >= 4 is 44.5 Å². The minimum Gasteiger partial charge on any atom is -0.339 e. The van der Waals surface area contributed by atoms with Crippen LogP contribution in [0.1, 0.15) is 17.9 Å². The monoisotopic (exact) mass is 418 g/mol. The van der Waals surface area contributed by atoms with Crippen molar-refractivity contribution in [1.82, 2.24) is 4.90 Å². The lowest BCUT2D eigenvalue weighted by atomic mass is 10.1. The van der Waals surface area contributed by atoms with Crippen molar-refractivity contribution in [1.29, 1.82) is 0 Å². The summed E-state index contributed by atoms with van der Waals surface area (Å²) in [5.41, 5.74) is 1.95. The highest BCUT2D eigenvalue weighted by Gasteiger charge is 2.43. The van der Waals surface area contributed by atoms with Crippen LogP contribution in [0, 0.1) is 5.92 Å². The van der Waals surface area contributed by atoms with Gasteiger partial charge in [-0.1, -0.05) is 28.1 Å². The van der Waals surface area contributed by atoms with Crippen LogP contribution >= 0.6 is 27.7 Å². The molecule has 2 aromatic rings. The molecule has 1 fully saturated rings. The second-order valence-corrected chi connectivity index (χ2v) is 8.22. The Morgan fingerprint density at radius 1 is 1.16 bits per heavy atom. The van der Waals surface area contributed by atoms with E-state index in [1.165, 1.54) is 22.2 Å². The Morgan fingerprint density at radius 2 is 1.88 bits per heavy atom. The Morgan fingerprint density at radius 3 is 2.52 bits per heavy atom. The van der Waals surface area contributed by atoms with Crippen molar-refractivity contribution in [2.45, 2.75) is 17.2 Å². The highest BCUT2D eigenvalue weighted by Crippen LogP contribution is 2.48. The number of carbonyl (C=O) groups excluding carboxylic acids is 2. The van der Waals surface area contributed by atoms with Crippen molar-refractivity contribution in [3.05, 3.63) is 58.6 Å². The molecular formula is C19H19BrN2O2S. The van der Waals surface area contributed by atoms with Crippen molar-refractivity contribution in [3.63, 3.8) is 0 Å². The minimum atomic E-state index is -0.0216. The van der Waals surface area contributed by atoms with Gasteiger partial charge in [0, 0.05) is 35.1 Å². The predicted molar refractivity (Wildman–Crippen MR) is 105 cm³/mol. The smallest absolute Gasteiger partial charge is 0.285 e. The Kier molecular flexibility index (Phi) is 5.49. The first-order valence-electron chi connectivity index (χ1n) is 7.99. The van der Waals surface area contributed by atoms with Crippen LogP contribution in [-0.2, 0) is 4.79 Å². The van der Waals surface area contributed by atoms with E-state index in [0.29, 0.717) is 5.92 Å². The van der Waals surface area contributed by atoms with Crippen LogP contribution in [0.15, 0.2) is 57.9 Å². The van der Waals surface area contributed by atoms with E-state index in [2.05, 4.69) is 33.4 Å². The van der Waals surface area contributed by atoms with Gasteiger partial charge in [0.1, 0.15) is 0 Å². The van der Waals surface area contributed by atoms with Crippen LogP contribution in [0.2, 0.25) is 0 Å². The largest absolute Gasteiger partial charge is 0.339 e. The molecule has 1 aliphatic rings. The van der Waals surface area contributed by atoms with E-state index < -0.39 is 0 Å². The highest BCUT2D eigenvalue weighted by atomic mass is 79.9. The molecule has 0 heterocycles. The van der Waals surface area contributed by atoms with E-state index in [1.54, 1.807) is 14.1 Å². The molecule has 2 unspecified atom stereocenters. The molecule has 0 spiro atoms. The summed E-state index contributed by atoms with van der Waals surface area (Å²) in [6.45, 7) is 0. The van der Waals surface area contributed by atoms with E-state index in [-0.39, 0.29) is 17.1 Å². The lowest BCUT2D eigenvalue weighted by Crippen LogP contribution is -2.16. The van der Waals surface area contributed by atoms with Gasteiger partial charge < -0.3 is 10.2 Å². The molecule has 4 nitrogen and oxygen atoms in total. The third-order valence-electron chi connectivity index (χ3n) is 4.10. The van der Waals surface area contributed by atoms with E-state index in [4.69, 9.17) is 0 Å². The van der Waals surface area contributed by atoms with Gasteiger partial charge in [-0.3, -0.25) is 9.59 Å². The molecule has 1 aliphatic carbocycles. The maximum atomic E-state index is 12.4. The third kappa shape index (κ3) is 4.64. The van der Waals surface area contributed by atoms with Gasteiger partial charge in [0.25, 0.3) is 5.24 Å². The van der Waals surface area contributed by atoms with Gasteiger partial charge >= 0.3 is 0 Å². The fourth-order valence-corrected chi connectivity index (χ4v) is 3.70. The molecule has 25 heavy (non-hydrogen) atoms. The molecule has 2 aromatic carbocycles. The average molecular weight is 419 g/mol. The first-order valence-corrected chi connectivity index (χ1v) is 9.60. The van der Waals surface area contributed by atoms with Crippen molar-refractivity contribution in [2.75, 3.05) is 19.4 Å². The maximum Gasteiger partial charge on any atom is 0.285 e. The Bertz CT molecular complexity index is 792. The zero-order valence-electron chi connectivity index (χ0n) is 14.0. The average Bonchev–Trinajstić information content (AvgIpc) is 3.37. The normalized spacial score (nSPS) is 18.5. The molecule has 2 amide bonds. The number of hydrogen-bond donors (Lipinski definition) is 1. The zero-order chi connectivity index (χ0) is 18.0. The Balaban J connectivity index is 1.56. The fraction of sp³-hybridized carbons (Fsp3) is 0.263. The number of hydrogen-bond acceptors (Lipinski definition) is 3. The summed E-state index contributed by atoms with van der Waals surface area (Å²) in [5, 5.41) is 2.94. The highest BCUT2D eigenvalue weighted by molar-refractivity contribution is 9.10. The number of rotatable bonds is 4. The molecule has 0 radical (unpaired) electrons. The molecular weight excluding hydrogens is 400 g/mol. The zero-order valence-corrected chi connectivity index (χ0v) is 16.4. The molecule has 0 saturated heterocycles. The van der Waals surface area contributed by atoms with Gasteiger partial charge in [0.15, 0.2) is 0 Å². The van der Waals surface area contributed by atoms with Crippen molar-refractivity contribution in [3.8, 4) is 0 Å². The summed E-state index contributed by atoms with van der Waals surface area (Å²) in [7, 11) is 3.45. The second kappa shape index (κ2) is 7.62. The number of benzene rings is 2. The Hall–Kier alpha value is -1.79.